The fourth-order valence-corrected chi connectivity index (χ4v) is 6.04. The molecule has 8 nitrogen and oxygen atoms in total. The summed E-state index contributed by atoms with van der Waals surface area (Å²) >= 11 is 0. The average Bonchev–Trinajstić information content (AvgIpc) is 2.86. The van der Waals surface area contributed by atoms with E-state index in [9.17, 15) is 18.0 Å². The molecule has 2 aromatic carbocycles. The highest BCUT2D eigenvalue weighted by Gasteiger charge is 2.32. The highest BCUT2D eigenvalue weighted by atomic mass is 32.2. The van der Waals surface area contributed by atoms with Gasteiger partial charge in [0, 0.05) is 19.6 Å². The number of amides is 1. The van der Waals surface area contributed by atoms with Gasteiger partial charge in [0.15, 0.2) is 6.61 Å². The van der Waals surface area contributed by atoms with Crippen LogP contribution in [-0.4, -0.2) is 58.5 Å². The van der Waals surface area contributed by atoms with Gasteiger partial charge >= 0.3 is 5.97 Å². The molecule has 4 rings (SSSR count). The van der Waals surface area contributed by atoms with Gasteiger partial charge in [0.25, 0.3) is 15.9 Å². The standard InChI is InChI=1S/C24H28N2O6S/c1-31-21-12-11-19(24(28)32-17-23(27)25-13-5-2-6-14-25)16-22(21)33(29,30)26-15-7-9-18-8-3-4-10-20(18)26/h3-4,8,10-12,16H,2,5-7,9,13-15,17H2,1H3. The first-order chi connectivity index (χ1) is 15.9. The molecule has 0 saturated carbocycles. The Bertz CT molecular complexity index is 1140. The number of fused-ring (bicyclic) bond motifs is 1. The number of aryl methyl sites for hydroxylation is 1. The van der Waals surface area contributed by atoms with Crippen LogP contribution in [0, 0.1) is 0 Å². The summed E-state index contributed by atoms with van der Waals surface area (Å²) in [6.45, 7) is 1.30. The highest BCUT2D eigenvalue weighted by molar-refractivity contribution is 7.93. The molecule has 2 heterocycles. The van der Waals surface area contributed by atoms with Crippen molar-refractivity contribution in [3.8, 4) is 5.75 Å². The van der Waals surface area contributed by atoms with Crippen molar-refractivity contribution < 1.29 is 27.5 Å². The lowest BCUT2D eigenvalue weighted by Gasteiger charge is -2.31. The average molecular weight is 473 g/mol. The van der Waals surface area contributed by atoms with Gasteiger partial charge in [-0.2, -0.15) is 0 Å². The molecule has 0 bridgehead atoms. The molecule has 0 unspecified atom stereocenters. The van der Waals surface area contributed by atoms with Crippen LogP contribution >= 0.6 is 0 Å². The van der Waals surface area contributed by atoms with Crippen LogP contribution in [0.2, 0.25) is 0 Å². The van der Waals surface area contributed by atoms with Gasteiger partial charge < -0.3 is 14.4 Å². The lowest BCUT2D eigenvalue weighted by Crippen LogP contribution is -2.38. The van der Waals surface area contributed by atoms with E-state index in [1.807, 2.05) is 12.1 Å². The number of ether oxygens (including phenoxy) is 2. The molecule has 0 atom stereocenters. The molecule has 2 aliphatic rings. The fourth-order valence-electron chi connectivity index (χ4n) is 4.32. The molecular formula is C24H28N2O6S. The molecule has 0 radical (unpaired) electrons. The molecule has 2 aromatic rings. The Morgan fingerprint density at radius 3 is 2.48 bits per heavy atom. The third-order valence-electron chi connectivity index (χ3n) is 6.07. The van der Waals surface area contributed by atoms with Gasteiger partial charge in [-0.05, 0) is 61.9 Å². The highest BCUT2D eigenvalue weighted by Crippen LogP contribution is 2.35. The first kappa shape index (κ1) is 23.1. The molecule has 0 aliphatic carbocycles. The minimum Gasteiger partial charge on any atom is -0.495 e. The van der Waals surface area contributed by atoms with Crippen LogP contribution in [-0.2, 0) is 26.0 Å². The molecule has 9 heteroatoms. The largest absolute Gasteiger partial charge is 0.495 e. The van der Waals surface area contributed by atoms with Crippen LogP contribution in [0.5, 0.6) is 5.75 Å². The van der Waals surface area contributed by atoms with Crippen LogP contribution in [0.1, 0.15) is 41.6 Å². The smallest absolute Gasteiger partial charge is 0.338 e. The molecule has 1 saturated heterocycles. The second-order valence-corrected chi connectivity index (χ2v) is 10.0. The van der Waals surface area contributed by atoms with E-state index in [2.05, 4.69) is 0 Å². The number of para-hydroxylation sites is 1. The second kappa shape index (κ2) is 9.82. The molecule has 33 heavy (non-hydrogen) atoms. The predicted molar refractivity (Wildman–Crippen MR) is 123 cm³/mol. The number of hydrogen-bond donors (Lipinski definition) is 0. The number of esters is 1. The minimum absolute atomic E-state index is 0.0473. The molecule has 0 aromatic heterocycles. The molecule has 176 valence electrons. The monoisotopic (exact) mass is 472 g/mol. The van der Waals surface area contributed by atoms with Crippen molar-refractivity contribution in [3.05, 3.63) is 53.6 Å². The number of benzene rings is 2. The number of likely N-dealkylation sites (tertiary alicyclic amines) is 1. The molecule has 0 spiro atoms. The van der Waals surface area contributed by atoms with E-state index >= 15 is 0 Å². The fraction of sp³-hybridized carbons (Fsp3) is 0.417. The maximum atomic E-state index is 13.6. The topological polar surface area (TPSA) is 93.2 Å². The van der Waals surface area contributed by atoms with Crippen LogP contribution in [0.3, 0.4) is 0 Å². The third kappa shape index (κ3) is 4.83. The van der Waals surface area contributed by atoms with Gasteiger partial charge in [-0.1, -0.05) is 18.2 Å². The summed E-state index contributed by atoms with van der Waals surface area (Å²) in [5, 5.41) is 0. The van der Waals surface area contributed by atoms with Crippen molar-refractivity contribution >= 4 is 27.6 Å². The number of piperidine rings is 1. The maximum Gasteiger partial charge on any atom is 0.338 e. The Balaban J connectivity index is 1.57. The van der Waals surface area contributed by atoms with Crippen LogP contribution < -0.4 is 9.04 Å². The van der Waals surface area contributed by atoms with Crippen molar-refractivity contribution in [2.45, 2.75) is 37.0 Å². The summed E-state index contributed by atoms with van der Waals surface area (Å²) in [6, 6.07) is 11.5. The Hall–Kier alpha value is -3.07. The number of anilines is 1. The summed E-state index contributed by atoms with van der Waals surface area (Å²) in [5.74, 6) is -0.855. The zero-order valence-electron chi connectivity index (χ0n) is 18.7. The summed E-state index contributed by atoms with van der Waals surface area (Å²) in [5.41, 5.74) is 1.63. The van der Waals surface area contributed by atoms with Gasteiger partial charge in [0.2, 0.25) is 0 Å². The summed E-state index contributed by atoms with van der Waals surface area (Å²) in [4.78, 5) is 26.5. The van der Waals surface area contributed by atoms with E-state index in [1.54, 1.807) is 17.0 Å². The van der Waals surface area contributed by atoms with Crippen molar-refractivity contribution in [3.63, 3.8) is 0 Å². The number of hydrogen-bond acceptors (Lipinski definition) is 6. The van der Waals surface area contributed by atoms with E-state index in [4.69, 9.17) is 9.47 Å². The van der Waals surface area contributed by atoms with Crippen molar-refractivity contribution in [2.24, 2.45) is 0 Å². The third-order valence-corrected chi connectivity index (χ3v) is 7.90. The lowest BCUT2D eigenvalue weighted by molar-refractivity contribution is -0.135. The van der Waals surface area contributed by atoms with Crippen molar-refractivity contribution in [1.29, 1.82) is 0 Å². The molecular weight excluding hydrogens is 444 g/mol. The van der Waals surface area contributed by atoms with Crippen LogP contribution in [0.4, 0.5) is 5.69 Å². The number of carbonyl (C=O) groups is 2. The normalized spacial score (nSPS) is 16.2. The second-order valence-electron chi connectivity index (χ2n) is 8.19. The van der Waals surface area contributed by atoms with E-state index in [0.29, 0.717) is 31.7 Å². The van der Waals surface area contributed by atoms with E-state index < -0.39 is 16.0 Å². The summed E-state index contributed by atoms with van der Waals surface area (Å²) in [7, 11) is -2.61. The first-order valence-electron chi connectivity index (χ1n) is 11.2. The maximum absolute atomic E-state index is 13.6. The first-order valence-corrected chi connectivity index (χ1v) is 12.6. The Labute approximate surface area is 194 Å². The SMILES string of the molecule is COc1ccc(C(=O)OCC(=O)N2CCCCC2)cc1S(=O)(=O)N1CCCc2ccccc21. The minimum atomic E-state index is -4.00. The van der Waals surface area contributed by atoms with E-state index in [0.717, 1.165) is 31.2 Å². The number of carbonyl (C=O) groups excluding carboxylic acids is 2. The Kier molecular flexibility index (Phi) is 6.88. The zero-order chi connectivity index (χ0) is 23.4. The van der Waals surface area contributed by atoms with Gasteiger partial charge in [-0.15, -0.1) is 0 Å². The Morgan fingerprint density at radius 1 is 0.970 bits per heavy atom. The zero-order valence-corrected chi connectivity index (χ0v) is 19.5. The lowest BCUT2D eigenvalue weighted by atomic mass is 10.0. The number of nitrogens with zero attached hydrogens (tertiary/aromatic N) is 2. The molecule has 2 aliphatic heterocycles. The number of methoxy groups -OCH3 is 1. The number of sulfonamides is 1. The quantitative estimate of drug-likeness (QED) is 0.600. The van der Waals surface area contributed by atoms with Crippen LogP contribution in [0.15, 0.2) is 47.4 Å². The summed E-state index contributed by atoms with van der Waals surface area (Å²) < 4.78 is 39.1. The summed E-state index contributed by atoms with van der Waals surface area (Å²) in [6.07, 6.45) is 4.47. The van der Waals surface area contributed by atoms with Crippen molar-refractivity contribution in [2.75, 3.05) is 37.7 Å². The predicted octanol–water partition coefficient (Wildman–Crippen LogP) is 3.01. The van der Waals surface area contributed by atoms with E-state index in [-0.39, 0.29) is 28.7 Å². The molecule has 0 N–H and O–H groups in total. The van der Waals surface area contributed by atoms with Crippen LogP contribution in [0.25, 0.3) is 0 Å². The van der Waals surface area contributed by atoms with E-state index in [1.165, 1.54) is 29.6 Å². The van der Waals surface area contributed by atoms with Gasteiger partial charge in [-0.25, -0.2) is 13.2 Å². The number of rotatable bonds is 6. The molecule has 1 amide bonds. The Morgan fingerprint density at radius 2 is 1.73 bits per heavy atom. The van der Waals surface area contributed by atoms with Gasteiger partial charge in [0.1, 0.15) is 10.6 Å². The van der Waals surface area contributed by atoms with Gasteiger partial charge in [0.05, 0.1) is 18.4 Å². The molecule has 1 fully saturated rings. The van der Waals surface area contributed by atoms with Gasteiger partial charge in [-0.3, -0.25) is 9.10 Å². The van der Waals surface area contributed by atoms with Crippen molar-refractivity contribution in [1.82, 2.24) is 4.90 Å².